The van der Waals surface area contributed by atoms with E-state index in [2.05, 4.69) is 10.5 Å². The summed E-state index contributed by atoms with van der Waals surface area (Å²) in [6.45, 7) is 2.38. The largest absolute Gasteiger partial charge is 0.361 e. The van der Waals surface area contributed by atoms with E-state index in [0.717, 1.165) is 6.42 Å². The minimum absolute atomic E-state index is 0.0664. The summed E-state index contributed by atoms with van der Waals surface area (Å²) in [5.41, 5.74) is 1.40. The molecule has 0 unspecified atom stereocenters. The molecule has 1 fully saturated rings. The molecule has 6 nitrogen and oxygen atoms in total. The lowest BCUT2D eigenvalue weighted by molar-refractivity contribution is -0.117. The number of aromatic nitrogens is 1. The number of nitrogens with one attached hydrogen (secondary N) is 1. The lowest BCUT2D eigenvalue weighted by Crippen LogP contribution is -2.24. The van der Waals surface area contributed by atoms with Crippen molar-refractivity contribution in [2.24, 2.45) is 0 Å². The van der Waals surface area contributed by atoms with Crippen LogP contribution in [-0.4, -0.2) is 23.5 Å². The summed E-state index contributed by atoms with van der Waals surface area (Å²) >= 11 is 6.23. The minimum atomic E-state index is -0.377. The molecule has 0 aliphatic carbocycles. The van der Waals surface area contributed by atoms with Crippen LogP contribution in [0.3, 0.4) is 0 Å². The molecule has 0 radical (unpaired) electrons. The monoisotopic (exact) mass is 319 g/mol. The fraction of sp³-hybridized carbons (Fsp3) is 0.267. The van der Waals surface area contributed by atoms with Crippen molar-refractivity contribution in [2.75, 3.05) is 16.8 Å². The maximum Gasteiger partial charge on any atom is 0.277 e. The van der Waals surface area contributed by atoms with E-state index in [1.54, 1.807) is 36.1 Å². The molecule has 0 spiro atoms. The van der Waals surface area contributed by atoms with Gasteiger partial charge < -0.3 is 14.7 Å². The number of nitrogens with zero attached hydrogens (tertiary/aromatic N) is 2. The highest BCUT2D eigenvalue weighted by atomic mass is 35.5. The van der Waals surface area contributed by atoms with E-state index in [1.165, 1.54) is 0 Å². The van der Waals surface area contributed by atoms with Gasteiger partial charge in [-0.25, -0.2) is 0 Å². The molecule has 1 aromatic heterocycles. The lowest BCUT2D eigenvalue weighted by atomic mass is 10.2. The van der Waals surface area contributed by atoms with Crippen molar-refractivity contribution in [3.63, 3.8) is 0 Å². The van der Waals surface area contributed by atoms with Crippen LogP contribution in [0.1, 0.15) is 29.1 Å². The molecule has 3 rings (SSSR count). The van der Waals surface area contributed by atoms with Gasteiger partial charge in [0.2, 0.25) is 5.91 Å². The van der Waals surface area contributed by atoms with Crippen LogP contribution < -0.4 is 10.2 Å². The van der Waals surface area contributed by atoms with E-state index in [9.17, 15) is 9.59 Å². The highest BCUT2D eigenvalue weighted by Gasteiger charge is 2.23. The summed E-state index contributed by atoms with van der Waals surface area (Å²) in [4.78, 5) is 25.4. The highest BCUT2D eigenvalue weighted by molar-refractivity contribution is 6.34. The first-order valence-electron chi connectivity index (χ1n) is 6.89. The Balaban J connectivity index is 1.77. The summed E-state index contributed by atoms with van der Waals surface area (Å²) < 4.78 is 4.86. The number of amides is 2. The Labute approximate surface area is 132 Å². The first-order chi connectivity index (χ1) is 10.5. The molecule has 0 bridgehead atoms. The van der Waals surface area contributed by atoms with E-state index >= 15 is 0 Å². The van der Waals surface area contributed by atoms with Gasteiger partial charge in [-0.3, -0.25) is 9.59 Å². The van der Waals surface area contributed by atoms with Crippen LogP contribution in [0.4, 0.5) is 11.4 Å². The van der Waals surface area contributed by atoms with Crippen molar-refractivity contribution < 1.29 is 14.1 Å². The second kappa shape index (κ2) is 5.81. The molecule has 22 heavy (non-hydrogen) atoms. The first-order valence-corrected chi connectivity index (χ1v) is 7.27. The molecule has 1 aliphatic heterocycles. The Bertz CT molecular complexity index is 741. The molecule has 114 valence electrons. The van der Waals surface area contributed by atoms with Gasteiger partial charge in [0.05, 0.1) is 10.7 Å². The molecule has 0 saturated carbocycles. The van der Waals surface area contributed by atoms with Crippen LogP contribution in [0.5, 0.6) is 0 Å². The molecule has 0 atom stereocenters. The average molecular weight is 320 g/mol. The molecule has 1 aliphatic rings. The minimum Gasteiger partial charge on any atom is -0.361 e. The van der Waals surface area contributed by atoms with E-state index in [-0.39, 0.29) is 17.5 Å². The quantitative estimate of drug-likeness (QED) is 0.943. The Morgan fingerprint density at radius 3 is 2.82 bits per heavy atom. The summed E-state index contributed by atoms with van der Waals surface area (Å²) in [7, 11) is 0. The van der Waals surface area contributed by atoms with Gasteiger partial charge in [0.1, 0.15) is 5.76 Å². The van der Waals surface area contributed by atoms with Crippen molar-refractivity contribution in [3.05, 3.63) is 40.7 Å². The number of hydrogen-bond acceptors (Lipinski definition) is 4. The zero-order valence-corrected chi connectivity index (χ0v) is 12.7. The Hall–Kier alpha value is -2.34. The molecular weight excluding hydrogens is 306 g/mol. The van der Waals surface area contributed by atoms with E-state index in [4.69, 9.17) is 16.1 Å². The fourth-order valence-electron chi connectivity index (χ4n) is 2.37. The molecule has 1 aromatic carbocycles. The van der Waals surface area contributed by atoms with Gasteiger partial charge in [0.25, 0.3) is 5.91 Å². The average Bonchev–Trinajstić information content (AvgIpc) is 3.08. The van der Waals surface area contributed by atoms with Crippen LogP contribution in [0.2, 0.25) is 5.02 Å². The molecular formula is C15H14ClN3O3. The van der Waals surface area contributed by atoms with Gasteiger partial charge in [0, 0.05) is 24.7 Å². The number of anilines is 2. The standard InChI is InChI=1S/C15H14ClN3O3/c1-9-7-12(18-22-9)15(21)17-10-4-5-13(11(16)8-10)19-6-2-3-14(19)20/h4-5,7-8H,2-3,6H2,1H3,(H,17,21). The summed E-state index contributed by atoms with van der Waals surface area (Å²) in [6.07, 6.45) is 1.37. The number of carbonyl (C=O) groups excluding carboxylic acids is 2. The number of benzene rings is 1. The SMILES string of the molecule is Cc1cc(C(=O)Nc2ccc(N3CCCC3=O)c(Cl)c2)no1. The van der Waals surface area contributed by atoms with Crippen LogP contribution >= 0.6 is 11.6 Å². The van der Waals surface area contributed by atoms with Crippen LogP contribution in [0.15, 0.2) is 28.8 Å². The van der Waals surface area contributed by atoms with Crippen molar-refractivity contribution in [2.45, 2.75) is 19.8 Å². The lowest BCUT2D eigenvalue weighted by Gasteiger charge is -2.17. The molecule has 2 aromatic rings. The molecule has 1 N–H and O–H groups in total. The third kappa shape index (κ3) is 2.82. The summed E-state index contributed by atoms with van der Waals surface area (Å²) in [6, 6.07) is 6.61. The fourth-order valence-corrected chi connectivity index (χ4v) is 2.66. The normalized spacial score (nSPS) is 14.5. The van der Waals surface area contributed by atoms with E-state index < -0.39 is 0 Å². The number of halogens is 1. The maximum atomic E-state index is 12.0. The molecule has 7 heteroatoms. The second-order valence-electron chi connectivity index (χ2n) is 5.09. The predicted octanol–water partition coefficient (Wildman–Crippen LogP) is 3.02. The number of aryl methyl sites for hydroxylation is 1. The Morgan fingerprint density at radius 1 is 1.41 bits per heavy atom. The van der Waals surface area contributed by atoms with E-state index in [1.807, 2.05) is 0 Å². The third-order valence-corrected chi connectivity index (χ3v) is 3.73. The van der Waals surface area contributed by atoms with E-state index in [0.29, 0.717) is 35.1 Å². The van der Waals surface area contributed by atoms with Crippen molar-refractivity contribution in [1.82, 2.24) is 5.16 Å². The molecule has 2 heterocycles. The van der Waals surface area contributed by atoms with Crippen LogP contribution in [0, 0.1) is 6.92 Å². The zero-order valence-electron chi connectivity index (χ0n) is 11.9. The number of hydrogen-bond donors (Lipinski definition) is 1. The third-order valence-electron chi connectivity index (χ3n) is 3.43. The predicted molar refractivity (Wildman–Crippen MR) is 82.2 cm³/mol. The van der Waals surface area contributed by atoms with Crippen LogP contribution in [0.25, 0.3) is 0 Å². The highest BCUT2D eigenvalue weighted by Crippen LogP contribution is 2.31. The van der Waals surface area contributed by atoms with Crippen molar-refractivity contribution in [3.8, 4) is 0 Å². The zero-order chi connectivity index (χ0) is 15.7. The Kier molecular flexibility index (Phi) is 3.85. The smallest absolute Gasteiger partial charge is 0.277 e. The van der Waals surface area contributed by atoms with Crippen molar-refractivity contribution >= 4 is 34.8 Å². The Morgan fingerprint density at radius 2 is 2.23 bits per heavy atom. The van der Waals surface area contributed by atoms with Gasteiger partial charge in [-0.05, 0) is 31.5 Å². The summed E-state index contributed by atoms with van der Waals surface area (Å²) in [5.74, 6) is 0.251. The maximum absolute atomic E-state index is 12.0. The number of rotatable bonds is 3. The molecule has 2 amide bonds. The first kappa shape index (κ1) is 14.6. The van der Waals surface area contributed by atoms with Gasteiger partial charge >= 0.3 is 0 Å². The number of carbonyl (C=O) groups is 2. The summed E-state index contributed by atoms with van der Waals surface area (Å²) in [5, 5.41) is 6.76. The topological polar surface area (TPSA) is 75.4 Å². The van der Waals surface area contributed by atoms with Crippen LogP contribution in [-0.2, 0) is 4.79 Å². The van der Waals surface area contributed by atoms with Gasteiger partial charge in [-0.2, -0.15) is 0 Å². The van der Waals surface area contributed by atoms with Gasteiger partial charge in [-0.1, -0.05) is 16.8 Å². The molecule has 1 saturated heterocycles. The second-order valence-corrected chi connectivity index (χ2v) is 5.50. The van der Waals surface area contributed by atoms with Gasteiger partial charge in [-0.15, -0.1) is 0 Å². The van der Waals surface area contributed by atoms with Gasteiger partial charge in [0.15, 0.2) is 5.69 Å². The van der Waals surface area contributed by atoms with Crippen molar-refractivity contribution in [1.29, 1.82) is 0 Å².